The van der Waals surface area contributed by atoms with Crippen molar-refractivity contribution < 1.29 is 14.6 Å². The third kappa shape index (κ3) is 3.86. The molecule has 3 heterocycles. The summed E-state index contributed by atoms with van der Waals surface area (Å²) in [6.45, 7) is 0.798. The van der Waals surface area contributed by atoms with Gasteiger partial charge in [-0.15, -0.1) is 0 Å². The van der Waals surface area contributed by atoms with E-state index in [4.69, 9.17) is 11.6 Å². The monoisotopic (exact) mass is 409 g/mol. The van der Waals surface area contributed by atoms with Crippen LogP contribution in [0.3, 0.4) is 0 Å². The van der Waals surface area contributed by atoms with Crippen LogP contribution in [-0.2, 0) is 13.1 Å². The van der Waals surface area contributed by atoms with E-state index in [0.717, 1.165) is 5.56 Å². The Bertz CT molecular complexity index is 972. The average Bonchev–Trinajstić information content (AvgIpc) is 3.18. The molecular formula is C17H17ClFN5O2S. The first-order valence-corrected chi connectivity index (χ1v) is 9.78. The zero-order valence-corrected chi connectivity index (χ0v) is 15.7. The zero-order chi connectivity index (χ0) is 19.0. The van der Waals surface area contributed by atoms with E-state index < -0.39 is 12.2 Å². The van der Waals surface area contributed by atoms with Gasteiger partial charge in [0.2, 0.25) is 5.28 Å². The second-order valence-electron chi connectivity index (χ2n) is 6.32. The van der Waals surface area contributed by atoms with Crippen molar-refractivity contribution in [3.05, 3.63) is 47.3 Å². The maximum absolute atomic E-state index is 13.3. The molecule has 3 atom stereocenters. The molecule has 1 aliphatic heterocycles. The molecule has 0 saturated carbocycles. The predicted molar refractivity (Wildman–Crippen MR) is 102 cm³/mol. The van der Waals surface area contributed by atoms with Crippen LogP contribution in [0.2, 0.25) is 5.28 Å². The highest BCUT2D eigenvalue weighted by Crippen LogP contribution is 2.30. The molecule has 7 nitrogen and oxygen atoms in total. The van der Waals surface area contributed by atoms with Crippen LogP contribution in [0.5, 0.6) is 0 Å². The molecule has 142 valence electrons. The van der Waals surface area contributed by atoms with Gasteiger partial charge in [-0.05, 0) is 29.3 Å². The van der Waals surface area contributed by atoms with E-state index in [1.54, 1.807) is 23.0 Å². The van der Waals surface area contributed by atoms with Gasteiger partial charge in [0, 0.05) is 18.8 Å². The van der Waals surface area contributed by atoms with E-state index in [2.05, 4.69) is 20.3 Å². The zero-order valence-electron chi connectivity index (χ0n) is 14.1. The summed E-state index contributed by atoms with van der Waals surface area (Å²) < 4.78 is 15.1. The molecule has 0 amide bonds. The fourth-order valence-electron chi connectivity index (χ4n) is 3.03. The largest absolute Gasteiger partial charge is 0.390 e. The fraction of sp³-hybridized carbons (Fsp3) is 0.353. The summed E-state index contributed by atoms with van der Waals surface area (Å²) in [5.74, 6) is 0.640. The molecule has 0 unspecified atom stereocenters. The normalized spacial score (nSPS) is 22.4. The van der Waals surface area contributed by atoms with Crippen molar-refractivity contribution in [2.75, 3.05) is 11.1 Å². The number of benzene rings is 1. The number of hydrogen-bond donors (Lipinski definition) is 3. The van der Waals surface area contributed by atoms with Crippen LogP contribution < -0.4 is 5.32 Å². The van der Waals surface area contributed by atoms with Gasteiger partial charge in [0.1, 0.15) is 5.82 Å². The van der Waals surface area contributed by atoms with Crippen LogP contribution in [0.15, 0.2) is 30.6 Å². The molecule has 1 aromatic carbocycles. The summed E-state index contributed by atoms with van der Waals surface area (Å²) in [6, 6.07) is 6.27. The minimum Gasteiger partial charge on any atom is -0.390 e. The number of rotatable bonds is 5. The van der Waals surface area contributed by atoms with Crippen molar-refractivity contribution in [1.82, 2.24) is 19.5 Å². The van der Waals surface area contributed by atoms with E-state index in [9.17, 15) is 14.6 Å². The van der Waals surface area contributed by atoms with Crippen LogP contribution in [-0.4, -0.2) is 52.9 Å². The van der Waals surface area contributed by atoms with Gasteiger partial charge in [-0.2, -0.15) is 21.7 Å². The first-order valence-electron chi connectivity index (χ1n) is 8.35. The summed E-state index contributed by atoms with van der Waals surface area (Å²) in [4.78, 5) is 12.8. The number of nitrogens with zero attached hydrogens (tertiary/aromatic N) is 4. The first kappa shape index (κ1) is 18.4. The van der Waals surface area contributed by atoms with Crippen molar-refractivity contribution >= 4 is 40.3 Å². The Hall–Kier alpha value is -1.94. The number of thioether (sulfide) groups is 1. The lowest BCUT2D eigenvalue weighted by molar-refractivity contribution is 0.0396. The maximum Gasteiger partial charge on any atom is 0.226 e. The SMILES string of the molecule is O[C@@H]1[C@H](O)CS[C@H]1Cn1cnc2c(NCc3cccc(F)c3)nc(Cl)nc21. The third-order valence-corrected chi connectivity index (χ3v) is 5.98. The van der Waals surface area contributed by atoms with Crippen molar-refractivity contribution in [2.24, 2.45) is 0 Å². The maximum atomic E-state index is 13.3. The smallest absolute Gasteiger partial charge is 0.226 e. The van der Waals surface area contributed by atoms with Crippen LogP contribution in [0.25, 0.3) is 11.2 Å². The molecule has 10 heteroatoms. The van der Waals surface area contributed by atoms with Gasteiger partial charge in [0.05, 0.1) is 23.8 Å². The second-order valence-corrected chi connectivity index (χ2v) is 7.93. The van der Waals surface area contributed by atoms with Gasteiger partial charge in [0.25, 0.3) is 0 Å². The molecule has 27 heavy (non-hydrogen) atoms. The van der Waals surface area contributed by atoms with E-state index >= 15 is 0 Å². The van der Waals surface area contributed by atoms with E-state index in [0.29, 0.717) is 35.8 Å². The van der Waals surface area contributed by atoms with Gasteiger partial charge >= 0.3 is 0 Å². The van der Waals surface area contributed by atoms with Crippen LogP contribution >= 0.6 is 23.4 Å². The molecule has 0 bridgehead atoms. The lowest BCUT2D eigenvalue weighted by Crippen LogP contribution is -2.31. The Balaban J connectivity index is 1.58. The topological polar surface area (TPSA) is 96.1 Å². The summed E-state index contributed by atoms with van der Waals surface area (Å²) >= 11 is 7.58. The standard InChI is InChI=1S/C17H17ClFN5O2S/c18-17-22-15(20-5-9-2-1-3-10(19)4-9)13-16(23-17)24(8-21-13)6-12-14(26)11(25)7-27-12/h1-4,8,11-12,14,25-26H,5-7H2,(H,20,22,23)/t11-,12+,14-/m1/s1. The number of anilines is 1. The molecule has 0 aliphatic carbocycles. The number of nitrogens with one attached hydrogen (secondary N) is 1. The van der Waals surface area contributed by atoms with Crippen molar-refractivity contribution in [3.8, 4) is 0 Å². The minimum atomic E-state index is -0.796. The van der Waals surface area contributed by atoms with Crippen molar-refractivity contribution in [3.63, 3.8) is 0 Å². The molecule has 1 fully saturated rings. The molecule has 3 aromatic rings. The van der Waals surface area contributed by atoms with E-state index in [-0.39, 0.29) is 16.4 Å². The number of hydrogen-bond acceptors (Lipinski definition) is 7. The van der Waals surface area contributed by atoms with Crippen molar-refractivity contribution in [1.29, 1.82) is 0 Å². The average molecular weight is 410 g/mol. The summed E-state index contributed by atoms with van der Waals surface area (Å²) in [5, 5.41) is 22.8. The van der Waals surface area contributed by atoms with E-state index in [1.807, 2.05) is 0 Å². The summed E-state index contributed by atoms with van der Waals surface area (Å²) in [5.41, 5.74) is 1.83. The highest BCUT2D eigenvalue weighted by molar-refractivity contribution is 8.00. The quantitative estimate of drug-likeness (QED) is 0.555. The summed E-state index contributed by atoms with van der Waals surface area (Å²) in [7, 11) is 0. The Morgan fingerprint density at radius 1 is 1.33 bits per heavy atom. The lowest BCUT2D eigenvalue weighted by atomic mass is 10.1. The summed E-state index contributed by atoms with van der Waals surface area (Å²) in [6.07, 6.45) is 0.0907. The number of halogens is 2. The molecule has 0 spiro atoms. The highest BCUT2D eigenvalue weighted by Gasteiger charge is 2.34. The number of aliphatic hydroxyl groups is 2. The third-order valence-electron chi connectivity index (χ3n) is 4.42. The van der Waals surface area contributed by atoms with Gasteiger partial charge in [-0.25, -0.2) is 9.37 Å². The van der Waals surface area contributed by atoms with Crippen LogP contribution in [0.1, 0.15) is 5.56 Å². The minimum absolute atomic E-state index is 0.0608. The molecule has 3 N–H and O–H groups in total. The van der Waals surface area contributed by atoms with Crippen LogP contribution in [0, 0.1) is 5.82 Å². The highest BCUT2D eigenvalue weighted by atomic mass is 35.5. The van der Waals surface area contributed by atoms with Crippen molar-refractivity contribution in [2.45, 2.75) is 30.5 Å². The number of aliphatic hydroxyl groups excluding tert-OH is 2. The molecule has 1 saturated heterocycles. The Morgan fingerprint density at radius 2 is 2.19 bits per heavy atom. The molecule has 0 radical (unpaired) electrons. The molecule has 1 aliphatic rings. The Kier molecular flexibility index (Phi) is 5.18. The Morgan fingerprint density at radius 3 is 2.93 bits per heavy atom. The van der Waals surface area contributed by atoms with E-state index in [1.165, 1.54) is 23.9 Å². The van der Waals surface area contributed by atoms with Gasteiger partial charge in [-0.3, -0.25) is 0 Å². The fourth-order valence-corrected chi connectivity index (χ4v) is 4.48. The number of imidazole rings is 1. The lowest BCUT2D eigenvalue weighted by Gasteiger charge is -2.16. The molecular weight excluding hydrogens is 393 g/mol. The second kappa shape index (κ2) is 7.59. The van der Waals surface area contributed by atoms with Gasteiger partial charge in [0.15, 0.2) is 17.0 Å². The van der Waals surface area contributed by atoms with Crippen LogP contribution in [0.4, 0.5) is 10.2 Å². The number of fused-ring (bicyclic) bond motifs is 1. The number of aromatic nitrogens is 4. The Labute approximate surface area is 163 Å². The predicted octanol–water partition coefficient (Wildman–Crippen LogP) is 2.07. The van der Waals surface area contributed by atoms with Gasteiger partial charge in [-0.1, -0.05) is 12.1 Å². The van der Waals surface area contributed by atoms with Gasteiger partial charge < -0.3 is 20.1 Å². The molecule has 2 aromatic heterocycles. The first-order chi connectivity index (χ1) is 13.0. The molecule has 4 rings (SSSR count).